The Balaban J connectivity index is -0.000000101. The SMILES string of the molecule is O.O=[PH]([O-])[O-].[Ca+2].c1cocn1. The van der Waals surface area contributed by atoms with Gasteiger partial charge in [-0.3, -0.25) is 0 Å². The van der Waals surface area contributed by atoms with Gasteiger partial charge < -0.3 is 24.2 Å². The molecule has 6 nitrogen and oxygen atoms in total. The summed E-state index contributed by atoms with van der Waals surface area (Å²) in [5.41, 5.74) is 0. The first-order valence-electron chi connectivity index (χ1n) is 1.93. The Kier molecular flexibility index (Phi) is 21.1. The smallest absolute Gasteiger partial charge is 0.813 e. The van der Waals surface area contributed by atoms with Gasteiger partial charge in [0, 0.05) is 0 Å². The van der Waals surface area contributed by atoms with Crippen molar-refractivity contribution in [1.29, 1.82) is 0 Å². The minimum Gasteiger partial charge on any atom is -0.813 e. The van der Waals surface area contributed by atoms with Crippen molar-refractivity contribution in [1.82, 2.24) is 4.98 Å². The number of rotatable bonds is 0. The van der Waals surface area contributed by atoms with Crippen LogP contribution in [0.2, 0.25) is 0 Å². The Bertz CT molecular complexity index is 136. The molecule has 0 aromatic carbocycles. The first-order valence-corrected chi connectivity index (χ1v) is 3.16. The molecule has 0 atom stereocenters. The van der Waals surface area contributed by atoms with Crippen molar-refractivity contribution in [3.05, 3.63) is 18.9 Å². The zero-order valence-electron chi connectivity index (χ0n) is 5.52. The van der Waals surface area contributed by atoms with E-state index in [1.807, 2.05) is 0 Å². The van der Waals surface area contributed by atoms with Crippen molar-refractivity contribution in [3.63, 3.8) is 0 Å². The van der Waals surface area contributed by atoms with Crippen LogP contribution in [0.3, 0.4) is 0 Å². The molecule has 0 amide bonds. The summed E-state index contributed by atoms with van der Waals surface area (Å²) in [6.45, 7) is 0. The average molecular weight is 207 g/mol. The normalized spacial score (nSPS) is 6.82. The molecule has 1 heterocycles. The molecule has 0 spiro atoms. The van der Waals surface area contributed by atoms with Gasteiger partial charge in [0.05, 0.1) is 6.20 Å². The standard InChI is InChI=1S/C3H3NO.Ca.H3O3P.H2O/c1-2-5-3-4-1;;1-4(2)3;/h1-3H;;4H,(H2,1,2,3);1H2/q;+2;;/p-2. The van der Waals surface area contributed by atoms with E-state index in [1.165, 1.54) is 12.7 Å². The predicted molar refractivity (Wildman–Crippen MR) is 34.9 cm³/mol. The van der Waals surface area contributed by atoms with Crippen LogP contribution in [0, 0.1) is 0 Å². The van der Waals surface area contributed by atoms with E-state index in [0.717, 1.165) is 0 Å². The summed E-state index contributed by atoms with van der Waals surface area (Å²) >= 11 is 0. The second-order valence-corrected chi connectivity index (χ2v) is 1.43. The first-order chi connectivity index (χ1) is 4.23. The van der Waals surface area contributed by atoms with Crippen LogP contribution in [-0.4, -0.2) is 48.2 Å². The van der Waals surface area contributed by atoms with E-state index in [0.29, 0.717) is 0 Å². The first kappa shape index (κ1) is 17.6. The Hall–Kier alpha value is 0.580. The van der Waals surface area contributed by atoms with Crippen LogP contribution in [0.25, 0.3) is 0 Å². The molecule has 11 heavy (non-hydrogen) atoms. The molecule has 0 bridgehead atoms. The number of hydrogen-bond acceptors (Lipinski definition) is 5. The van der Waals surface area contributed by atoms with E-state index >= 15 is 0 Å². The van der Waals surface area contributed by atoms with E-state index < -0.39 is 8.25 Å². The van der Waals surface area contributed by atoms with Gasteiger partial charge in [-0.25, -0.2) is 4.98 Å². The second-order valence-electron chi connectivity index (χ2n) is 0.926. The third kappa shape index (κ3) is 25.0. The molecular formula is C3H6CaNO5P. The molecule has 0 aliphatic rings. The van der Waals surface area contributed by atoms with Crippen molar-refractivity contribution in [2.24, 2.45) is 0 Å². The fourth-order valence-electron chi connectivity index (χ4n) is 0.176. The zero-order valence-corrected chi connectivity index (χ0v) is 8.73. The van der Waals surface area contributed by atoms with E-state index in [4.69, 9.17) is 14.4 Å². The minimum atomic E-state index is -3.63. The van der Waals surface area contributed by atoms with Crippen molar-refractivity contribution in [2.75, 3.05) is 0 Å². The maximum absolute atomic E-state index is 8.52. The van der Waals surface area contributed by atoms with Gasteiger partial charge in [-0.15, -0.1) is 0 Å². The molecule has 1 aromatic rings. The van der Waals surface area contributed by atoms with Gasteiger partial charge in [0.25, 0.3) is 0 Å². The van der Waals surface area contributed by atoms with Crippen LogP contribution in [0.5, 0.6) is 0 Å². The summed E-state index contributed by atoms with van der Waals surface area (Å²) in [7, 11) is -3.63. The van der Waals surface area contributed by atoms with Crippen molar-refractivity contribution >= 4 is 46.0 Å². The van der Waals surface area contributed by atoms with Crippen molar-refractivity contribution < 1.29 is 24.2 Å². The molecule has 0 aliphatic carbocycles. The molecule has 8 heteroatoms. The van der Waals surface area contributed by atoms with Crippen LogP contribution < -0.4 is 9.79 Å². The largest absolute Gasteiger partial charge is 2.00 e. The van der Waals surface area contributed by atoms with E-state index in [9.17, 15) is 0 Å². The Labute approximate surface area is 93.5 Å². The van der Waals surface area contributed by atoms with Gasteiger partial charge in [-0.05, 0) is 0 Å². The zero-order chi connectivity index (χ0) is 7.11. The van der Waals surface area contributed by atoms with Gasteiger partial charge in [-0.1, -0.05) is 8.25 Å². The average Bonchev–Trinajstić information content (AvgIpc) is 2.11. The predicted octanol–water partition coefficient (Wildman–Crippen LogP) is -2.43. The van der Waals surface area contributed by atoms with E-state index in [1.54, 1.807) is 6.20 Å². The molecule has 0 aliphatic heterocycles. The quantitative estimate of drug-likeness (QED) is 0.345. The molecule has 1 aromatic heterocycles. The van der Waals surface area contributed by atoms with Crippen LogP contribution in [0.4, 0.5) is 0 Å². The van der Waals surface area contributed by atoms with Gasteiger partial charge in [0.2, 0.25) is 0 Å². The monoisotopic (exact) mass is 207 g/mol. The second kappa shape index (κ2) is 13.2. The summed E-state index contributed by atoms with van der Waals surface area (Å²) in [4.78, 5) is 20.6. The van der Waals surface area contributed by atoms with Crippen LogP contribution in [0.15, 0.2) is 23.3 Å². The number of aromatic nitrogens is 1. The Morgan fingerprint density at radius 3 is 2.00 bits per heavy atom. The fourth-order valence-corrected chi connectivity index (χ4v) is 0.176. The van der Waals surface area contributed by atoms with Gasteiger partial charge >= 0.3 is 37.7 Å². The topological polar surface area (TPSA) is 121 Å². The van der Waals surface area contributed by atoms with Crippen molar-refractivity contribution in [3.8, 4) is 0 Å². The van der Waals surface area contributed by atoms with Gasteiger partial charge in [-0.2, -0.15) is 0 Å². The summed E-state index contributed by atoms with van der Waals surface area (Å²) in [6, 6.07) is 0. The summed E-state index contributed by atoms with van der Waals surface area (Å²) < 4.78 is 13.0. The molecule has 2 N–H and O–H groups in total. The number of hydrogen-bond donors (Lipinski definition) is 0. The third-order valence-electron chi connectivity index (χ3n) is 0.347. The fraction of sp³-hybridized carbons (Fsp3) is 0. The van der Waals surface area contributed by atoms with Crippen LogP contribution in [0.1, 0.15) is 0 Å². The molecule has 0 saturated heterocycles. The van der Waals surface area contributed by atoms with Gasteiger partial charge in [0.15, 0.2) is 6.39 Å². The molecule has 0 fully saturated rings. The Morgan fingerprint density at radius 1 is 1.45 bits per heavy atom. The maximum atomic E-state index is 8.52. The summed E-state index contributed by atoms with van der Waals surface area (Å²) in [5, 5.41) is 0. The minimum absolute atomic E-state index is 0. The number of nitrogens with zero attached hydrogens (tertiary/aromatic N) is 1. The summed E-state index contributed by atoms with van der Waals surface area (Å²) in [5.74, 6) is 0. The van der Waals surface area contributed by atoms with E-state index in [2.05, 4.69) is 9.40 Å². The molecule has 60 valence electrons. The van der Waals surface area contributed by atoms with Crippen LogP contribution in [-0.2, 0) is 4.57 Å². The molecular weight excluding hydrogens is 201 g/mol. The Morgan fingerprint density at radius 2 is 1.91 bits per heavy atom. The summed E-state index contributed by atoms with van der Waals surface area (Å²) in [6.07, 6.45) is 4.47. The number of oxazole rings is 1. The molecule has 0 saturated carbocycles. The molecule has 0 radical (unpaired) electrons. The molecule has 1 rings (SSSR count). The molecule has 0 unspecified atom stereocenters. The van der Waals surface area contributed by atoms with Crippen LogP contribution >= 0.6 is 8.25 Å². The maximum Gasteiger partial charge on any atom is 2.00 e. The van der Waals surface area contributed by atoms with Gasteiger partial charge in [0.1, 0.15) is 6.26 Å². The van der Waals surface area contributed by atoms with Crippen molar-refractivity contribution in [2.45, 2.75) is 0 Å². The third-order valence-corrected chi connectivity index (χ3v) is 0.347. The van der Waals surface area contributed by atoms with E-state index in [-0.39, 0.29) is 43.2 Å².